The average molecular weight is 525 g/mol. The molecule has 0 fully saturated rings. The number of hydrogen-bond acceptors (Lipinski definition) is 4. The second kappa shape index (κ2) is 10.3. The SMILES string of the molecule is CCCCCCn1cc(OC(=O)c2ccc(F)cc2)c2c1nc(-c1ccc(F)cc1)n1c3ccccc3nc21. The van der Waals surface area contributed by atoms with E-state index in [-0.39, 0.29) is 11.4 Å². The zero-order chi connectivity index (χ0) is 26.9. The zero-order valence-corrected chi connectivity index (χ0v) is 21.4. The minimum atomic E-state index is -0.600. The van der Waals surface area contributed by atoms with Crippen molar-refractivity contribution in [1.82, 2.24) is 18.9 Å². The summed E-state index contributed by atoms with van der Waals surface area (Å²) in [5, 5.41) is 0.600. The van der Waals surface area contributed by atoms with Crippen LogP contribution in [0.1, 0.15) is 43.0 Å². The molecule has 0 aliphatic heterocycles. The molecule has 8 heteroatoms. The Bertz CT molecular complexity index is 1810. The third kappa shape index (κ3) is 4.63. The first-order valence-electron chi connectivity index (χ1n) is 13.1. The van der Waals surface area contributed by atoms with Crippen molar-refractivity contribution in [2.24, 2.45) is 0 Å². The van der Waals surface area contributed by atoms with E-state index in [1.54, 1.807) is 18.3 Å². The molecule has 39 heavy (non-hydrogen) atoms. The van der Waals surface area contributed by atoms with Crippen LogP contribution in [-0.2, 0) is 6.54 Å². The fourth-order valence-corrected chi connectivity index (χ4v) is 4.90. The van der Waals surface area contributed by atoms with Gasteiger partial charge >= 0.3 is 5.97 Å². The van der Waals surface area contributed by atoms with Gasteiger partial charge in [-0.3, -0.25) is 4.40 Å². The fourth-order valence-electron chi connectivity index (χ4n) is 4.90. The Morgan fingerprint density at radius 1 is 0.846 bits per heavy atom. The molecule has 0 spiro atoms. The molecule has 0 aliphatic carbocycles. The van der Waals surface area contributed by atoms with E-state index >= 15 is 0 Å². The van der Waals surface area contributed by atoms with Crippen molar-refractivity contribution >= 4 is 33.7 Å². The average Bonchev–Trinajstić information content (AvgIpc) is 3.50. The van der Waals surface area contributed by atoms with Crippen molar-refractivity contribution < 1.29 is 18.3 Å². The molecule has 3 aromatic carbocycles. The molecule has 6 nitrogen and oxygen atoms in total. The topological polar surface area (TPSA) is 61.4 Å². The van der Waals surface area contributed by atoms with E-state index in [9.17, 15) is 13.6 Å². The normalized spacial score (nSPS) is 11.6. The van der Waals surface area contributed by atoms with Crippen LogP contribution in [0, 0.1) is 11.6 Å². The third-order valence-electron chi connectivity index (χ3n) is 6.86. The number of aromatic nitrogens is 4. The van der Waals surface area contributed by atoms with Gasteiger partial charge in [0.1, 0.15) is 28.5 Å². The maximum atomic E-state index is 13.8. The van der Waals surface area contributed by atoms with Crippen LogP contribution in [0.25, 0.3) is 39.1 Å². The Kier molecular flexibility index (Phi) is 6.52. The highest BCUT2D eigenvalue weighted by atomic mass is 19.1. The molecular weight excluding hydrogens is 498 g/mol. The standard InChI is InChI=1S/C31H26F2N4O2/c1-2-3-4-7-18-36-19-26(39-31(38)21-12-16-23(33)17-13-21)27-29(36)35-28(20-10-14-22(32)15-11-20)37-25-9-6-5-8-24(25)34-30(27)37/h5-6,8-17,19H,2-4,7,18H2,1H3. The smallest absolute Gasteiger partial charge is 0.343 e. The Labute approximate surface area is 223 Å². The summed E-state index contributed by atoms with van der Waals surface area (Å²) in [6.07, 6.45) is 6.01. The Morgan fingerprint density at radius 2 is 1.56 bits per heavy atom. The van der Waals surface area contributed by atoms with E-state index in [2.05, 4.69) is 6.92 Å². The quantitative estimate of drug-likeness (QED) is 0.152. The van der Waals surface area contributed by atoms with Gasteiger partial charge in [-0.25, -0.2) is 23.5 Å². The van der Waals surface area contributed by atoms with E-state index in [1.807, 2.05) is 33.2 Å². The summed E-state index contributed by atoms with van der Waals surface area (Å²) < 4.78 is 37.1. The van der Waals surface area contributed by atoms with Gasteiger partial charge in [0.2, 0.25) is 0 Å². The number of imidazole rings is 1. The highest BCUT2D eigenvalue weighted by molar-refractivity contribution is 6.03. The molecule has 0 radical (unpaired) electrons. The van der Waals surface area contributed by atoms with Gasteiger partial charge in [-0.1, -0.05) is 38.3 Å². The van der Waals surface area contributed by atoms with Crippen LogP contribution >= 0.6 is 0 Å². The summed E-state index contributed by atoms with van der Waals surface area (Å²) in [5.74, 6) is -0.430. The number of halogens is 2. The Balaban J connectivity index is 1.58. The van der Waals surface area contributed by atoms with E-state index in [0.29, 0.717) is 34.8 Å². The van der Waals surface area contributed by atoms with Gasteiger partial charge < -0.3 is 9.30 Å². The highest BCUT2D eigenvalue weighted by Crippen LogP contribution is 2.36. The van der Waals surface area contributed by atoms with Gasteiger partial charge in [-0.2, -0.15) is 0 Å². The van der Waals surface area contributed by atoms with Crippen LogP contribution in [0.15, 0.2) is 79.0 Å². The second-order valence-electron chi connectivity index (χ2n) is 9.54. The molecule has 6 rings (SSSR count). The van der Waals surface area contributed by atoms with Gasteiger partial charge in [-0.05, 0) is 67.1 Å². The van der Waals surface area contributed by atoms with Gasteiger partial charge in [0.25, 0.3) is 0 Å². The lowest BCUT2D eigenvalue weighted by atomic mass is 10.2. The molecule has 6 aromatic rings. The summed E-state index contributed by atoms with van der Waals surface area (Å²) >= 11 is 0. The minimum Gasteiger partial charge on any atom is -0.420 e. The maximum absolute atomic E-state index is 13.8. The second-order valence-corrected chi connectivity index (χ2v) is 9.54. The van der Waals surface area contributed by atoms with Crippen molar-refractivity contribution in [3.8, 4) is 17.1 Å². The van der Waals surface area contributed by atoms with E-state index in [4.69, 9.17) is 14.7 Å². The molecule has 0 bridgehead atoms. The van der Waals surface area contributed by atoms with Crippen LogP contribution in [0.2, 0.25) is 0 Å². The summed E-state index contributed by atoms with van der Waals surface area (Å²) in [4.78, 5) is 23.0. The van der Waals surface area contributed by atoms with Crippen molar-refractivity contribution in [3.05, 3.63) is 96.2 Å². The third-order valence-corrected chi connectivity index (χ3v) is 6.86. The van der Waals surface area contributed by atoms with Crippen molar-refractivity contribution in [2.45, 2.75) is 39.2 Å². The summed E-state index contributed by atoms with van der Waals surface area (Å²) in [5.41, 5.74) is 3.75. The molecule has 0 saturated heterocycles. The summed E-state index contributed by atoms with van der Waals surface area (Å²) in [6.45, 7) is 2.84. The Morgan fingerprint density at radius 3 is 2.31 bits per heavy atom. The molecule has 0 atom stereocenters. The molecule has 0 amide bonds. The number of nitrogens with zero attached hydrogens (tertiary/aromatic N) is 4. The van der Waals surface area contributed by atoms with E-state index in [1.165, 1.54) is 36.4 Å². The number of para-hydroxylation sites is 2. The molecule has 0 unspecified atom stereocenters. The zero-order valence-electron chi connectivity index (χ0n) is 21.4. The minimum absolute atomic E-state index is 0.237. The molecular formula is C31H26F2N4O2. The van der Waals surface area contributed by atoms with Gasteiger partial charge in [-0.15, -0.1) is 0 Å². The number of rotatable bonds is 8. The lowest BCUT2D eigenvalue weighted by Gasteiger charge is -2.10. The molecule has 0 saturated carbocycles. The largest absolute Gasteiger partial charge is 0.420 e. The van der Waals surface area contributed by atoms with Crippen LogP contribution in [0.3, 0.4) is 0 Å². The number of aryl methyl sites for hydroxylation is 1. The first kappa shape index (κ1) is 24.7. The van der Waals surface area contributed by atoms with Gasteiger partial charge in [0.05, 0.1) is 16.6 Å². The molecule has 0 N–H and O–H groups in total. The number of carbonyl (C=O) groups excluding carboxylic acids is 1. The van der Waals surface area contributed by atoms with Crippen LogP contribution in [0.4, 0.5) is 8.78 Å². The van der Waals surface area contributed by atoms with Crippen molar-refractivity contribution in [3.63, 3.8) is 0 Å². The lowest BCUT2D eigenvalue weighted by molar-refractivity contribution is 0.0737. The first-order valence-corrected chi connectivity index (χ1v) is 13.1. The number of ether oxygens (including phenoxy) is 1. The predicted octanol–water partition coefficient (Wildman–Crippen LogP) is 7.58. The molecule has 0 aliphatic rings. The van der Waals surface area contributed by atoms with Crippen molar-refractivity contribution in [1.29, 1.82) is 0 Å². The van der Waals surface area contributed by atoms with E-state index < -0.39 is 11.8 Å². The Hall–Kier alpha value is -4.59. The highest BCUT2D eigenvalue weighted by Gasteiger charge is 2.23. The number of carbonyl (C=O) groups is 1. The molecule has 3 heterocycles. The maximum Gasteiger partial charge on any atom is 0.343 e. The number of hydrogen-bond donors (Lipinski definition) is 0. The summed E-state index contributed by atoms with van der Waals surface area (Å²) in [7, 11) is 0. The predicted molar refractivity (Wildman–Crippen MR) is 147 cm³/mol. The number of unbranched alkanes of at least 4 members (excludes halogenated alkanes) is 3. The van der Waals surface area contributed by atoms with Crippen molar-refractivity contribution in [2.75, 3.05) is 0 Å². The number of esters is 1. The van der Waals surface area contributed by atoms with Crippen LogP contribution < -0.4 is 4.74 Å². The molecule has 196 valence electrons. The first-order chi connectivity index (χ1) is 19.0. The fraction of sp³-hybridized carbons (Fsp3) is 0.194. The van der Waals surface area contributed by atoms with Gasteiger partial charge in [0, 0.05) is 18.3 Å². The number of fused-ring (bicyclic) bond motifs is 5. The molecule has 3 aromatic heterocycles. The monoisotopic (exact) mass is 524 g/mol. The number of benzene rings is 3. The lowest BCUT2D eigenvalue weighted by Crippen LogP contribution is -2.08. The van der Waals surface area contributed by atoms with E-state index in [0.717, 1.165) is 42.3 Å². The van der Waals surface area contributed by atoms with Crippen LogP contribution in [0.5, 0.6) is 5.75 Å². The summed E-state index contributed by atoms with van der Waals surface area (Å²) in [6, 6.07) is 19.1. The van der Waals surface area contributed by atoms with Crippen LogP contribution in [-0.4, -0.2) is 24.9 Å². The van der Waals surface area contributed by atoms with Gasteiger partial charge in [0.15, 0.2) is 11.4 Å².